The second-order valence-electron chi connectivity index (χ2n) is 5.77. The number of benzene rings is 2. The molecule has 0 atom stereocenters. The summed E-state index contributed by atoms with van der Waals surface area (Å²) in [5.41, 5.74) is 0.939. The minimum absolute atomic E-state index is 0.0232. The molecule has 2 aromatic carbocycles. The molecule has 2 N–H and O–H groups in total. The van der Waals surface area contributed by atoms with Crippen LogP contribution in [0.2, 0.25) is 5.02 Å². The number of halogens is 1. The molecule has 0 fully saturated rings. The molecule has 0 aliphatic heterocycles. The average molecular weight is 434 g/mol. The van der Waals surface area contributed by atoms with E-state index in [4.69, 9.17) is 21.1 Å². The monoisotopic (exact) mass is 433 g/mol. The first kappa shape index (κ1) is 20.6. The second-order valence-corrected chi connectivity index (χ2v) is 6.57. The first-order valence-electron chi connectivity index (χ1n) is 8.20. The molecule has 3 aromatic rings. The van der Waals surface area contributed by atoms with E-state index in [2.05, 4.69) is 23.1 Å². The van der Waals surface area contributed by atoms with Gasteiger partial charge in [-0.1, -0.05) is 36.5 Å². The molecule has 8 nitrogen and oxygen atoms in total. The topological polar surface area (TPSA) is 101 Å². The number of methoxy groups -OCH3 is 2. The molecular weight excluding hydrogens is 418 g/mol. The Morgan fingerprint density at radius 2 is 1.90 bits per heavy atom. The van der Waals surface area contributed by atoms with Crippen LogP contribution < -0.4 is 19.1 Å². The van der Waals surface area contributed by atoms with E-state index in [0.29, 0.717) is 28.3 Å². The number of hydrogen-bond donors (Lipinski definition) is 3. The molecule has 0 radical (unpaired) electrons. The number of anilines is 2. The molecule has 10 heteroatoms. The summed E-state index contributed by atoms with van der Waals surface area (Å²) in [7, 11) is 2.91. The lowest BCUT2D eigenvalue weighted by Gasteiger charge is -2.20. The van der Waals surface area contributed by atoms with Crippen LogP contribution >= 0.6 is 24.4 Å². The molecule has 3 rings (SSSR count). The van der Waals surface area contributed by atoms with Gasteiger partial charge in [0, 0.05) is 17.6 Å². The standard InChI is InChI=1S/C19H16ClN3O5S/c1-27-15-9-16(28-2)13(8-12(15)20)22-19(26)23(29)14-6-7-21-17-10(14)4-3-5-11(17)18(24)25/h3-9,29H,1-2H3,(H,22,26)(H,24,25). The largest absolute Gasteiger partial charge is 0.495 e. The van der Waals surface area contributed by atoms with Gasteiger partial charge >= 0.3 is 12.0 Å². The second kappa shape index (κ2) is 8.46. The van der Waals surface area contributed by atoms with Gasteiger partial charge in [0.05, 0.1) is 41.7 Å². The summed E-state index contributed by atoms with van der Waals surface area (Å²) in [6.07, 6.45) is 1.41. The maximum Gasteiger partial charge on any atom is 0.337 e. The Kier molecular flexibility index (Phi) is 6.00. The SMILES string of the molecule is COc1cc(OC)c(NC(=O)N(S)c2ccnc3c(C(=O)O)cccc23)cc1Cl. The van der Waals surface area contributed by atoms with Crippen molar-refractivity contribution >= 4 is 58.7 Å². The van der Waals surface area contributed by atoms with Gasteiger partial charge in [0.1, 0.15) is 11.5 Å². The van der Waals surface area contributed by atoms with Gasteiger partial charge in [0.25, 0.3) is 0 Å². The van der Waals surface area contributed by atoms with Gasteiger partial charge in [0.15, 0.2) is 0 Å². The van der Waals surface area contributed by atoms with E-state index < -0.39 is 12.0 Å². The van der Waals surface area contributed by atoms with Gasteiger partial charge in [-0.05, 0) is 18.2 Å². The number of nitrogens with one attached hydrogen (secondary N) is 1. The number of aromatic carboxylic acids is 1. The van der Waals surface area contributed by atoms with Crippen molar-refractivity contribution in [3.63, 3.8) is 0 Å². The lowest BCUT2D eigenvalue weighted by atomic mass is 10.1. The predicted octanol–water partition coefficient (Wildman–Crippen LogP) is 4.49. The number of urea groups is 1. The van der Waals surface area contributed by atoms with Gasteiger partial charge in [0.2, 0.25) is 0 Å². The zero-order chi connectivity index (χ0) is 21.1. The number of amides is 2. The predicted molar refractivity (Wildman–Crippen MR) is 114 cm³/mol. The van der Waals surface area contributed by atoms with Gasteiger partial charge in [-0.2, -0.15) is 0 Å². The number of fused-ring (bicyclic) bond motifs is 1. The van der Waals surface area contributed by atoms with Crippen LogP contribution in [-0.2, 0) is 0 Å². The maximum absolute atomic E-state index is 12.8. The molecule has 0 spiro atoms. The van der Waals surface area contributed by atoms with Crippen LogP contribution in [0.4, 0.5) is 16.2 Å². The molecular formula is C19H16ClN3O5S. The van der Waals surface area contributed by atoms with Crippen LogP contribution in [0.25, 0.3) is 10.9 Å². The summed E-state index contributed by atoms with van der Waals surface area (Å²) in [5.74, 6) is -0.382. The Hall–Kier alpha value is -3.17. The minimum Gasteiger partial charge on any atom is -0.495 e. The number of rotatable bonds is 5. The van der Waals surface area contributed by atoms with Crippen molar-refractivity contribution in [3.05, 3.63) is 53.2 Å². The molecule has 1 aromatic heterocycles. The summed E-state index contributed by atoms with van der Waals surface area (Å²) in [4.78, 5) is 28.3. The number of pyridine rings is 1. The van der Waals surface area contributed by atoms with Crippen molar-refractivity contribution in [1.29, 1.82) is 0 Å². The normalized spacial score (nSPS) is 10.5. The number of carboxylic acids is 1. The number of carbonyl (C=O) groups excluding carboxylic acids is 1. The Balaban J connectivity index is 1.97. The quantitative estimate of drug-likeness (QED) is 0.512. The highest BCUT2D eigenvalue weighted by Crippen LogP contribution is 2.36. The van der Waals surface area contributed by atoms with E-state index in [9.17, 15) is 14.7 Å². The zero-order valence-corrected chi connectivity index (χ0v) is 17.0. The number of carboxylic acid groups (broad SMARTS) is 1. The molecule has 0 unspecified atom stereocenters. The van der Waals surface area contributed by atoms with Crippen molar-refractivity contribution in [1.82, 2.24) is 4.98 Å². The molecule has 150 valence electrons. The third kappa shape index (κ3) is 4.01. The third-order valence-corrected chi connectivity index (χ3v) is 4.81. The van der Waals surface area contributed by atoms with E-state index in [1.54, 1.807) is 24.3 Å². The van der Waals surface area contributed by atoms with Crippen molar-refractivity contribution in [3.8, 4) is 11.5 Å². The third-order valence-electron chi connectivity index (χ3n) is 4.11. The van der Waals surface area contributed by atoms with Crippen LogP contribution in [0.5, 0.6) is 11.5 Å². The van der Waals surface area contributed by atoms with Crippen molar-refractivity contribution in [2.24, 2.45) is 0 Å². The smallest absolute Gasteiger partial charge is 0.337 e. The fraction of sp³-hybridized carbons (Fsp3) is 0.105. The Morgan fingerprint density at radius 3 is 2.55 bits per heavy atom. The average Bonchev–Trinajstić information content (AvgIpc) is 2.72. The van der Waals surface area contributed by atoms with Gasteiger partial charge in [-0.25, -0.2) is 13.9 Å². The van der Waals surface area contributed by atoms with Gasteiger partial charge in [-0.3, -0.25) is 4.98 Å². The van der Waals surface area contributed by atoms with Crippen LogP contribution in [0.1, 0.15) is 10.4 Å². The fourth-order valence-corrected chi connectivity index (χ4v) is 3.22. The Morgan fingerprint density at radius 1 is 1.17 bits per heavy atom. The lowest BCUT2D eigenvalue weighted by Crippen LogP contribution is -2.27. The van der Waals surface area contributed by atoms with Crippen molar-refractivity contribution < 1.29 is 24.2 Å². The molecule has 0 bridgehead atoms. The first-order chi connectivity index (χ1) is 13.9. The van der Waals surface area contributed by atoms with Crippen molar-refractivity contribution in [2.45, 2.75) is 0 Å². The lowest BCUT2D eigenvalue weighted by molar-refractivity contribution is 0.0699. The van der Waals surface area contributed by atoms with Crippen LogP contribution in [-0.4, -0.2) is 36.3 Å². The van der Waals surface area contributed by atoms with Crippen LogP contribution in [0.3, 0.4) is 0 Å². The summed E-state index contributed by atoms with van der Waals surface area (Å²) in [5, 5.41) is 12.8. The zero-order valence-electron chi connectivity index (χ0n) is 15.3. The van der Waals surface area contributed by atoms with Crippen molar-refractivity contribution in [2.75, 3.05) is 23.8 Å². The van der Waals surface area contributed by atoms with Crippen LogP contribution in [0.15, 0.2) is 42.6 Å². The molecule has 0 saturated carbocycles. The molecule has 2 amide bonds. The number of nitrogens with zero attached hydrogens (tertiary/aromatic N) is 2. The Bertz CT molecular complexity index is 1110. The summed E-state index contributed by atoms with van der Waals surface area (Å²) in [6.45, 7) is 0. The summed E-state index contributed by atoms with van der Waals surface area (Å²) in [6, 6.07) is 8.65. The van der Waals surface area contributed by atoms with E-state index >= 15 is 0 Å². The highest BCUT2D eigenvalue weighted by molar-refractivity contribution is 7.82. The number of hydrogen-bond acceptors (Lipinski definition) is 6. The number of ether oxygens (including phenoxy) is 2. The maximum atomic E-state index is 12.8. The molecule has 1 heterocycles. The summed E-state index contributed by atoms with van der Waals surface area (Å²) < 4.78 is 11.5. The molecule has 29 heavy (non-hydrogen) atoms. The molecule has 0 saturated heterocycles. The van der Waals surface area contributed by atoms with Crippen LogP contribution in [0, 0.1) is 0 Å². The van der Waals surface area contributed by atoms with E-state index in [-0.39, 0.29) is 16.1 Å². The minimum atomic E-state index is -1.12. The Labute approximate surface area is 176 Å². The highest BCUT2D eigenvalue weighted by Gasteiger charge is 2.20. The number of para-hydroxylation sites is 1. The number of thiol groups is 1. The first-order valence-corrected chi connectivity index (χ1v) is 8.97. The van der Waals surface area contributed by atoms with E-state index in [0.717, 1.165) is 4.31 Å². The summed E-state index contributed by atoms with van der Waals surface area (Å²) >= 11 is 10.4. The van der Waals surface area contributed by atoms with Gasteiger partial charge < -0.3 is 19.9 Å². The van der Waals surface area contributed by atoms with Gasteiger partial charge in [-0.15, -0.1) is 0 Å². The fourth-order valence-electron chi connectivity index (χ4n) is 2.75. The molecule has 0 aliphatic carbocycles. The number of carbonyl (C=O) groups is 2. The highest BCUT2D eigenvalue weighted by atomic mass is 35.5. The van der Waals surface area contributed by atoms with E-state index in [1.807, 2.05) is 0 Å². The van der Waals surface area contributed by atoms with E-state index in [1.165, 1.54) is 32.5 Å². The molecule has 0 aliphatic rings. The number of aromatic nitrogens is 1.